The van der Waals surface area contributed by atoms with E-state index in [1.807, 2.05) is 6.07 Å². The van der Waals surface area contributed by atoms with E-state index in [4.69, 9.17) is 9.47 Å². The molecule has 6 nitrogen and oxygen atoms in total. The molecular formula is C22H29N3O3. The average Bonchev–Trinajstić information content (AvgIpc) is 2.71. The number of amides is 1. The Morgan fingerprint density at radius 3 is 2.39 bits per heavy atom. The predicted octanol–water partition coefficient (Wildman–Crippen LogP) is 2.77. The van der Waals surface area contributed by atoms with E-state index in [1.54, 1.807) is 26.4 Å². The molecule has 0 aliphatic carbocycles. The lowest BCUT2D eigenvalue weighted by molar-refractivity contribution is -0.117. The van der Waals surface area contributed by atoms with Crippen molar-refractivity contribution in [2.24, 2.45) is 0 Å². The molecule has 0 unspecified atom stereocenters. The molecule has 0 radical (unpaired) electrons. The van der Waals surface area contributed by atoms with Gasteiger partial charge in [-0.1, -0.05) is 24.3 Å². The second kappa shape index (κ2) is 9.57. The topological polar surface area (TPSA) is 54.0 Å². The van der Waals surface area contributed by atoms with Crippen LogP contribution in [0.5, 0.6) is 11.5 Å². The molecule has 28 heavy (non-hydrogen) atoms. The smallest absolute Gasteiger partial charge is 0.238 e. The first-order valence-electron chi connectivity index (χ1n) is 9.60. The van der Waals surface area contributed by atoms with E-state index in [-0.39, 0.29) is 5.91 Å². The minimum absolute atomic E-state index is 0.0427. The molecule has 2 aromatic rings. The highest BCUT2D eigenvalue weighted by Gasteiger charge is 2.20. The van der Waals surface area contributed by atoms with E-state index in [2.05, 4.69) is 46.3 Å². The third-order valence-electron chi connectivity index (χ3n) is 5.17. The van der Waals surface area contributed by atoms with Gasteiger partial charge >= 0.3 is 0 Å². The van der Waals surface area contributed by atoms with Crippen molar-refractivity contribution < 1.29 is 14.3 Å². The van der Waals surface area contributed by atoms with Crippen LogP contribution in [0.4, 0.5) is 5.69 Å². The summed E-state index contributed by atoms with van der Waals surface area (Å²) in [6.07, 6.45) is 0. The van der Waals surface area contributed by atoms with E-state index >= 15 is 0 Å². The summed E-state index contributed by atoms with van der Waals surface area (Å²) in [5.74, 6) is 1.26. The summed E-state index contributed by atoms with van der Waals surface area (Å²) in [4.78, 5) is 17.1. The van der Waals surface area contributed by atoms with Crippen LogP contribution in [-0.4, -0.2) is 62.7 Å². The Bertz CT molecular complexity index is 801. The van der Waals surface area contributed by atoms with Crippen molar-refractivity contribution in [1.82, 2.24) is 9.80 Å². The molecule has 3 rings (SSSR count). The van der Waals surface area contributed by atoms with Crippen LogP contribution in [0.2, 0.25) is 0 Å². The van der Waals surface area contributed by atoms with Gasteiger partial charge in [0.05, 0.1) is 26.5 Å². The Hall–Kier alpha value is -2.57. The van der Waals surface area contributed by atoms with Crippen LogP contribution in [0.25, 0.3) is 0 Å². The van der Waals surface area contributed by atoms with Crippen molar-refractivity contribution in [2.75, 3.05) is 52.3 Å². The summed E-state index contributed by atoms with van der Waals surface area (Å²) in [6.45, 7) is 7.19. The van der Waals surface area contributed by atoms with Gasteiger partial charge in [-0.05, 0) is 30.2 Å². The van der Waals surface area contributed by atoms with Crippen LogP contribution < -0.4 is 14.8 Å². The Labute approximate surface area is 167 Å². The van der Waals surface area contributed by atoms with Crippen molar-refractivity contribution in [3.63, 3.8) is 0 Å². The van der Waals surface area contributed by atoms with Crippen molar-refractivity contribution in [1.29, 1.82) is 0 Å². The summed E-state index contributed by atoms with van der Waals surface area (Å²) in [5, 5.41) is 2.94. The largest absolute Gasteiger partial charge is 0.497 e. The molecule has 0 atom stereocenters. The number of methoxy groups -OCH3 is 2. The fourth-order valence-electron chi connectivity index (χ4n) is 3.44. The molecule has 1 fully saturated rings. The molecule has 6 heteroatoms. The number of benzene rings is 2. The zero-order chi connectivity index (χ0) is 19.9. The SMILES string of the molecule is COc1ccc(OC)c(NC(=O)CN2CCN(Cc3ccccc3C)CC2)c1. The fraction of sp³-hybridized carbons (Fsp3) is 0.409. The van der Waals surface area contributed by atoms with Crippen molar-refractivity contribution in [2.45, 2.75) is 13.5 Å². The minimum atomic E-state index is -0.0427. The Kier molecular flexibility index (Phi) is 6.90. The number of nitrogens with zero attached hydrogens (tertiary/aromatic N) is 2. The van der Waals surface area contributed by atoms with Gasteiger partial charge < -0.3 is 14.8 Å². The van der Waals surface area contributed by atoms with Crippen LogP contribution in [0.1, 0.15) is 11.1 Å². The molecular weight excluding hydrogens is 354 g/mol. The van der Waals surface area contributed by atoms with Crippen LogP contribution in [0, 0.1) is 6.92 Å². The Morgan fingerprint density at radius 1 is 1.00 bits per heavy atom. The lowest BCUT2D eigenvalue weighted by Gasteiger charge is -2.34. The summed E-state index contributed by atoms with van der Waals surface area (Å²) >= 11 is 0. The van der Waals surface area contributed by atoms with Crippen LogP contribution in [0.3, 0.4) is 0 Å². The first-order chi connectivity index (χ1) is 13.6. The third-order valence-corrected chi connectivity index (χ3v) is 5.17. The molecule has 0 spiro atoms. The Morgan fingerprint density at radius 2 is 1.71 bits per heavy atom. The molecule has 150 valence electrons. The first-order valence-corrected chi connectivity index (χ1v) is 9.60. The van der Waals surface area contributed by atoms with E-state index in [0.29, 0.717) is 23.7 Å². The van der Waals surface area contributed by atoms with E-state index < -0.39 is 0 Å². The van der Waals surface area contributed by atoms with E-state index in [0.717, 1.165) is 32.7 Å². The van der Waals surface area contributed by atoms with Crippen LogP contribution >= 0.6 is 0 Å². The lowest BCUT2D eigenvalue weighted by Crippen LogP contribution is -2.48. The predicted molar refractivity (Wildman–Crippen MR) is 111 cm³/mol. The summed E-state index contributed by atoms with van der Waals surface area (Å²) in [5.41, 5.74) is 3.33. The zero-order valence-corrected chi connectivity index (χ0v) is 16.9. The standard InChI is InChI=1S/C22H29N3O3/c1-17-6-4-5-7-18(17)15-24-10-12-25(13-11-24)16-22(26)23-20-14-19(27-2)8-9-21(20)28-3/h4-9,14H,10-13,15-16H2,1-3H3,(H,23,26). The number of hydrogen-bond acceptors (Lipinski definition) is 5. The van der Waals surface area contributed by atoms with Gasteiger partial charge in [-0.3, -0.25) is 14.6 Å². The van der Waals surface area contributed by atoms with Gasteiger partial charge in [0.15, 0.2) is 0 Å². The molecule has 2 aromatic carbocycles. The number of ether oxygens (including phenoxy) is 2. The molecule has 0 bridgehead atoms. The second-order valence-corrected chi connectivity index (χ2v) is 7.09. The van der Waals surface area contributed by atoms with Crippen molar-refractivity contribution in [3.05, 3.63) is 53.6 Å². The average molecular weight is 383 g/mol. The van der Waals surface area contributed by atoms with E-state index in [1.165, 1.54) is 11.1 Å². The fourth-order valence-corrected chi connectivity index (χ4v) is 3.44. The second-order valence-electron chi connectivity index (χ2n) is 7.09. The minimum Gasteiger partial charge on any atom is -0.497 e. The molecule has 0 aromatic heterocycles. The molecule has 0 saturated carbocycles. The van der Waals surface area contributed by atoms with Crippen molar-refractivity contribution >= 4 is 11.6 Å². The number of anilines is 1. The van der Waals surface area contributed by atoms with Gasteiger partial charge in [0.1, 0.15) is 11.5 Å². The number of hydrogen-bond donors (Lipinski definition) is 1. The monoisotopic (exact) mass is 383 g/mol. The number of carbonyl (C=O) groups excluding carboxylic acids is 1. The summed E-state index contributed by atoms with van der Waals surface area (Å²) in [7, 11) is 3.19. The molecule has 1 saturated heterocycles. The highest BCUT2D eigenvalue weighted by Crippen LogP contribution is 2.28. The number of nitrogens with one attached hydrogen (secondary N) is 1. The maximum Gasteiger partial charge on any atom is 0.238 e. The van der Waals surface area contributed by atoms with Gasteiger partial charge in [-0.2, -0.15) is 0 Å². The lowest BCUT2D eigenvalue weighted by atomic mass is 10.1. The van der Waals surface area contributed by atoms with E-state index in [9.17, 15) is 4.79 Å². The number of carbonyl (C=O) groups is 1. The highest BCUT2D eigenvalue weighted by molar-refractivity contribution is 5.94. The van der Waals surface area contributed by atoms with Gasteiger partial charge in [0.25, 0.3) is 0 Å². The quantitative estimate of drug-likeness (QED) is 0.797. The maximum absolute atomic E-state index is 12.5. The van der Waals surface area contributed by atoms with Crippen LogP contribution in [-0.2, 0) is 11.3 Å². The van der Waals surface area contributed by atoms with Gasteiger partial charge in [0, 0.05) is 38.8 Å². The zero-order valence-electron chi connectivity index (χ0n) is 16.9. The molecule has 1 aliphatic rings. The van der Waals surface area contributed by atoms with Crippen molar-refractivity contribution in [3.8, 4) is 11.5 Å². The number of piperazine rings is 1. The van der Waals surface area contributed by atoms with Gasteiger partial charge in [-0.15, -0.1) is 0 Å². The first kappa shape index (κ1) is 20.2. The highest BCUT2D eigenvalue weighted by atomic mass is 16.5. The molecule has 1 aliphatic heterocycles. The summed E-state index contributed by atoms with van der Waals surface area (Å²) < 4.78 is 10.6. The normalized spacial score (nSPS) is 15.2. The third kappa shape index (κ3) is 5.24. The number of aryl methyl sites for hydroxylation is 1. The van der Waals surface area contributed by atoms with Gasteiger partial charge in [-0.25, -0.2) is 0 Å². The Balaban J connectivity index is 1.49. The summed E-state index contributed by atoms with van der Waals surface area (Å²) in [6, 6.07) is 13.9. The molecule has 1 heterocycles. The maximum atomic E-state index is 12.5. The molecule has 1 N–H and O–H groups in total. The van der Waals surface area contributed by atoms with Crippen LogP contribution in [0.15, 0.2) is 42.5 Å². The number of rotatable bonds is 7. The van der Waals surface area contributed by atoms with Gasteiger partial charge in [0.2, 0.25) is 5.91 Å². The molecule has 1 amide bonds.